The Morgan fingerprint density at radius 2 is 1.92 bits per heavy atom. The van der Waals surface area contributed by atoms with Gasteiger partial charge in [0.25, 0.3) is 0 Å². The maximum Gasteiger partial charge on any atom is 0.140 e. The van der Waals surface area contributed by atoms with Crippen molar-refractivity contribution in [2.24, 2.45) is 0 Å². The van der Waals surface area contributed by atoms with Crippen LogP contribution in [0.5, 0.6) is 0 Å². The van der Waals surface area contributed by atoms with Crippen LogP contribution in [0.15, 0.2) is 77.0 Å². The van der Waals surface area contributed by atoms with Gasteiger partial charge in [-0.25, -0.2) is 4.39 Å². The zero-order chi connectivity index (χ0) is 17.2. The number of aromatic nitrogens is 1. The van der Waals surface area contributed by atoms with E-state index in [2.05, 4.69) is 4.98 Å². The Bertz CT molecular complexity index is 963. The van der Waals surface area contributed by atoms with E-state index in [1.165, 1.54) is 12.1 Å². The molecule has 0 amide bonds. The molecule has 1 atom stereocenters. The third-order valence-corrected chi connectivity index (χ3v) is 4.90. The van der Waals surface area contributed by atoms with Crippen LogP contribution in [0.3, 0.4) is 0 Å². The lowest BCUT2D eigenvalue weighted by Crippen LogP contribution is -2.02. The molecule has 4 rings (SSSR count). The fraction of sp³-hybridized carbons (Fsp3) is 0.0500. The summed E-state index contributed by atoms with van der Waals surface area (Å²) in [5, 5.41) is 13.0. The third kappa shape index (κ3) is 2.99. The first-order valence-corrected chi connectivity index (χ1v) is 8.61. The molecule has 0 radical (unpaired) electrons. The molecule has 4 aromatic rings. The molecule has 3 aromatic heterocycles. The summed E-state index contributed by atoms with van der Waals surface area (Å²) in [6.45, 7) is 0. The van der Waals surface area contributed by atoms with Crippen molar-refractivity contribution < 1.29 is 13.9 Å². The number of rotatable bonds is 4. The van der Waals surface area contributed by atoms with E-state index in [0.29, 0.717) is 22.5 Å². The molecule has 0 fully saturated rings. The van der Waals surface area contributed by atoms with E-state index in [1.807, 2.05) is 23.6 Å². The van der Waals surface area contributed by atoms with E-state index in [1.54, 1.807) is 48.2 Å². The van der Waals surface area contributed by atoms with Crippen molar-refractivity contribution in [3.63, 3.8) is 0 Å². The second kappa shape index (κ2) is 6.63. The molecule has 0 aliphatic heterocycles. The van der Waals surface area contributed by atoms with Gasteiger partial charge in [0.15, 0.2) is 0 Å². The lowest BCUT2D eigenvalue weighted by molar-refractivity contribution is 0.220. The molecule has 5 heteroatoms. The summed E-state index contributed by atoms with van der Waals surface area (Å²) in [6.07, 6.45) is 4.03. The van der Waals surface area contributed by atoms with Crippen LogP contribution in [0.25, 0.3) is 21.8 Å². The van der Waals surface area contributed by atoms with Crippen LogP contribution < -0.4 is 0 Å². The highest BCUT2D eigenvalue weighted by Crippen LogP contribution is 2.41. The Balaban J connectivity index is 1.89. The van der Waals surface area contributed by atoms with Crippen molar-refractivity contribution in [3.05, 3.63) is 89.5 Å². The van der Waals surface area contributed by atoms with Gasteiger partial charge in [-0.3, -0.25) is 4.98 Å². The van der Waals surface area contributed by atoms with E-state index >= 15 is 0 Å². The lowest BCUT2D eigenvalue weighted by atomic mass is 9.96. The second-order valence-corrected chi connectivity index (χ2v) is 6.51. The maximum absolute atomic E-state index is 13.3. The monoisotopic (exact) mass is 351 g/mol. The fourth-order valence-corrected chi connectivity index (χ4v) is 3.54. The van der Waals surface area contributed by atoms with E-state index in [0.717, 1.165) is 10.4 Å². The summed E-state index contributed by atoms with van der Waals surface area (Å²) in [5.41, 5.74) is 2.86. The largest absolute Gasteiger partial charge is 0.463 e. The molecule has 1 unspecified atom stereocenters. The predicted octanol–water partition coefficient (Wildman–Crippen LogP) is 5.29. The number of pyridine rings is 1. The van der Waals surface area contributed by atoms with E-state index < -0.39 is 6.10 Å². The van der Waals surface area contributed by atoms with Gasteiger partial charge < -0.3 is 9.52 Å². The maximum atomic E-state index is 13.3. The van der Waals surface area contributed by atoms with Gasteiger partial charge in [-0.05, 0) is 41.8 Å². The number of aliphatic hydroxyl groups is 1. The van der Waals surface area contributed by atoms with Crippen LogP contribution >= 0.6 is 11.3 Å². The minimum Gasteiger partial charge on any atom is -0.463 e. The van der Waals surface area contributed by atoms with Gasteiger partial charge in [-0.15, -0.1) is 11.3 Å². The predicted molar refractivity (Wildman–Crippen MR) is 95.7 cm³/mol. The Morgan fingerprint density at radius 3 is 2.60 bits per heavy atom. The first-order valence-electron chi connectivity index (χ1n) is 7.73. The van der Waals surface area contributed by atoms with Crippen molar-refractivity contribution in [3.8, 4) is 21.8 Å². The SMILES string of the molecule is OC(c1cccnc1)c1c(-c2cccs2)coc1-c1ccc(F)cc1. The van der Waals surface area contributed by atoms with Gasteiger partial charge in [-0.2, -0.15) is 0 Å². The van der Waals surface area contributed by atoms with Crippen molar-refractivity contribution in [2.45, 2.75) is 6.10 Å². The number of thiophene rings is 1. The highest BCUT2D eigenvalue weighted by molar-refractivity contribution is 7.13. The van der Waals surface area contributed by atoms with Crippen LogP contribution in [0.1, 0.15) is 17.2 Å². The number of halogens is 1. The Hall–Kier alpha value is -2.76. The molecule has 3 nitrogen and oxygen atoms in total. The highest BCUT2D eigenvalue weighted by Gasteiger charge is 2.25. The lowest BCUT2D eigenvalue weighted by Gasteiger charge is -2.13. The van der Waals surface area contributed by atoms with Gasteiger partial charge in [-0.1, -0.05) is 12.1 Å². The molecule has 124 valence electrons. The van der Waals surface area contributed by atoms with Crippen LogP contribution in [0, 0.1) is 5.82 Å². The number of furan rings is 1. The number of hydrogen-bond donors (Lipinski definition) is 1. The topological polar surface area (TPSA) is 46.3 Å². The van der Waals surface area contributed by atoms with Gasteiger partial charge in [0.2, 0.25) is 0 Å². The normalized spacial score (nSPS) is 12.2. The molecule has 3 heterocycles. The molecule has 0 aliphatic rings. The standard InChI is InChI=1S/C20H14FNO2S/c21-15-7-5-13(6-8-15)20-18(19(23)14-3-1-9-22-11-14)16(12-24-20)17-4-2-10-25-17/h1-12,19,23H. The first-order chi connectivity index (χ1) is 12.2. The molecule has 0 bridgehead atoms. The van der Waals surface area contributed by atoms with E-state index in [-0.39, 0.29) is 5.82 Å². The first kappa shape index (κ1) is 15.7. The van der Waals surface area contributed by atoms with Gasteiger partial charge in [0.1, 0.15) is 23.9 Å². The van der Waals surface area contributed by atoms with Crippen molar-refractivity contribution in [2.75, 3.05) is 0 Å². The number of nitrogens with zero attached hydrogens (tertiary/aromatic N) is 1. The average Bonchev–Trinajstić information content (AvgIpc) is 3.32. The summed E-state index contributed by atoms with van der Waals surface area (Å²) < 4.78 is 19.1. The molecular formula is C20H14FNO2S. The molecule has 1 aromatic carbocycles. The molecular weight excluding hydrogens is 337 g/mol. The zero-order valence-electron chi connectivity index (χ0n) is 13.1. The number of hydrogen-bond acceptors (Lipinski definition) is 4. The molecule has 0 saturated carbocycles. The Morgan fingerprint density at radius 1 is 1.08 bits per heavy atom. The third-order valence-electron chi connectivity index (χ3n) is 4.00. The molecule has 0 aliphatic carbocycles. The zero-order valence-corrected chi connectivity index (χ0v) is 13.9. The smallest absolute Gasteiger partial charge is 0.140 e. The minimum atomic E-state index is -0.899. The van der Waals surface area contributed by atoms with Gasteiger partial charge in [0.05, 0.1) is 0 Å². The quantitative estimate of drug-likeness (QED) is 0.543. The Kier molecular flexibility index (Phi) is 4.17. The van der Waals surface area contributed by atoms with Gasteiger partial charge in [0, 0.05) is 39.5 Å². The molecule has 0 saturated heterocycles. The van der Waals surface area contributed by atoms with Crippen LogP contribution in [-0.4, -0.2) is 10.1 Å². The fourth-order valence-electron chi connectivity index (χ4n) is 2.79. The summed E-state index contributed by atoms with van der Waals surface area (Å²) in [7, 11) is 0. The summed E-state index contributed by atoms with van der Waals surface area (Å²) in [5.74, 6) is 0.211. The Labute approximate surface area is 148 Å². The van der Waals surface area contributed by atoms with E-state index in [9.17, 15) is 9.50 Å². The van der Waals surface area contributed by atoms with Gasteiger partial charge >= 0.3 is 0 Å². The van der Waals surface area contributed by atoms with E-state index in [4.69, 9.17) is 4.42 Å². The van der Waals surface area contributed by atoms with Crippen LogP contribution in [0.2, 0.25) is 0 Å². The van der Waals surface area contributed by atoms with Crippen molar-refractivity contribution >= 4 is 11.3 Å². The minimum absolute atomic E-state index is 0.317. The van der Waals surface area contributed by atoms with Crippen LogP contribution in [0.4, 0.5) is 4.39 Å². The summed E-state index contributed by atoms with van der Waals surface area (Å²) in [6, 6.07) is 13.6. The van der Waals surface area contributed by atoms with Crippen molar-refractivity contribution in [1.82, 2.24) is 4.98 Å². The molecule has 0 spiro atoms. The summed E-state index contributed by atoms with van der Waals surface area (Å²) >= 11 is 1.57. The number of benzene rings is 1. The molecule has 1 N–H and O–H groups in total. The van der Waals surface area contributed by atoms with Crippen molar-refractivity contribution in [1.29, 1.82) is 0 Å². The average molecular weight is 351 g/mol. The summed E-state index contributed by atoms with van der Waals surface area (Å²) in [4.78, 5) is 5.08. The number of aliphatic hydroxyl groups excluding tert-OH is 1. The second-order valence-electron chi connectivity index (χ2n) is 5.57. The molecule has 25 heavy (non-hydrogen) atoms. The van der Waals surface area contributed by atoms with Crippen LogP contribution in [-0.2, 0) is 0 Å². The highest BCUT2D eigenvalue weighted by atomic mass is 32.1.